The molecule has 1 heterocycles. The van der Waals surface area contributed by atoms with E-state index in [1.807, 2.05) is 0 Å². The molecule has 0 atom stereocenters. The number of carboxylic acids is 1. The second-order valence-electron chi connectivity index (χ2n) is 3.32. The average molecular weight is 267 g/mol. The third-order valence-electron chi connectivity index (χ3n) is 2.19. The summed E-state index contributed by atoms with van der Waals surface area (Å²) in [6.45, 7) is 0. The molecule has 2 aromatic rings. The summed E-state index contributed by atoms with van der Waals surface area (Å²) in [5, 5.41) is 8.73. The van der Waals surface area contributed by atoms with Crippen molar-refractivity contribution in [3.63, 3.8) is 0 Å². The fourth-order valence-electron chi connectivity index (χ4n) is 1.34. The van der Waals surface area contributed by atoms with Crippen molar-refractivity contribution in [2.75, 3.05) is 0 Å². The van der Waals surface area contributed by atoms with Gasteiger partial charge in [0.1, 0.15) is 0 Å². The molecule has 3 nitrogen and oxygen atoms in total. The van der Waals surface area contributed by atoms with E-state index in [1.54, 1.807) is 12.1 Å². The molecule has 2 rings (SSSR count). The highest BCUT2D eigenvalue weighted by atomic mass is 35.5. The highest BCUT2D eigenvalue weighted by molar-refractivity contribution is 7.18. The second-order valence-corrected chi connectivity index (χ2v) is 5.03. The summed E-state index contributed by atoms with van der Waals surface area (Å²) in [6.07, 6.45) is 0. The topological polar surface area (TPSA) is 54.4 Å². The van der Waals surface area contributed by atoms with Crippen molar-refractivity contribution in [3.05, 3.63) is 56.7 Å². The van der Waals surface area contributed by atoms with E-state index in [0.29, 0.717) is 14.8 Å². The van der Waals surface area contributed by atoms with Gasteiger partial charge >= 0.3 is 5.97 Å². The first-order chi connectivity index (χ1) is 8.08. The van der Waals surface area contributed by atoms with Crippen molar-refractivity contribution in [3.8, 4) is 0 Å². The molecule has 17 heavy (non-hydrogen) atoms. The fourth-order valence-corrected chi connectivity index (χ4v) is 2.35. The van der Waals surface area contributed by atoms with Crippen LogP contribution in [0.4, 0.5) is 0 Å². The molecule has 0 spiro atoms. The zero-order valence-corrected chi connectivity index (χ0v) is 10.1. The summed E-state index contributed by atoms with van der Waals surface area (Å²) >= 11 is 6.95. The van der Waals surface area contributed by atoms with Gasteiger partial charge in [-0.1, -0.05) is 23.7 Å². The van der Waals surface area contributed by atoms with Crippen molar-refractivity contribution in [2.24, 2.45) is 0 Å². The number of carboxylic acid groups (broad SMARTS) is 1. The van der Waals surface area contributed by atoms with Crippen LogP contribution in [-0.2, 0) is 0 Å². The maximum Gasteiger partial charge on any atom is 0.335 e. The second kappa shape index (κ2) is 4.69. The Bertz CT molecular complexity index is 572. The van der Waals surface area contributed by atoms with E-state index in [9.17, 15) is 9.59 Å². The molecule has 0 radical (unpaired) electrons. The first kappa shape index (κ1) is 11.8. The first-order valence-corrected chi connectivity index (χ1v) is 5.91. The van der Waals surface area contributed by atoms with Crippen LogP contribution >= 0.6 is 22.9 Å². The van der Waals surface area contributed by atoms with Gasteiger partial charge in [0, 0.05) is 5.56 Å². The maximum atomic E-state index is 11.9. The lowest BCUT2D eigenvalue weighted by atomic mass is 10.1. The Balaban J connectivity index is 2.29. The van der Waals surface area contributed by atoms with Gasteiger partial charge in [-0.25, -0.2) is 4.79 Å². The summed E-state index contributed by atoms with van der Waals surface area (Å²) in [5.41, 5.74) is 0.610. The van der Waals surface area contributed by atoms with Gasteiger partial charge < -0.3 is 5.11 Å². The number of halogens is 1. The quantitative estimate of drug-likeness (QED) is 0.867. The summed E-state index contributed by atoms with van der Waals surface area (Å²) in [4.78, 5) is 23.1. The number of carbonyl (C=O) groups is 2. The predicted molar refractivity (Wildman–Crippen MR) is 66.2 cm³/mol. The lowest BCUT2D eigenvalue weighted by Gasteiger charge is -1.99. The van der Waals surface area contributed by atoms with E-state index in [-0.39, 0.29) is 11.3 Å². The number of aromatic carboxylic acids is 1. The number of carbonyl (C=O) groups excluding carboxylic acids is 1. The molecule has 0 amide bonds. The van der Waals surface area contributed by atoms with Gasteiger partial charge in [-0.3, -0.25) is 4.79 Å². The normalized spacial score (nSPS) is 10.2. The number of thiophene rings is 1. The molecule has 5 heteroatoms. The van der Waals surface area contributed by atoms with Crippen LogP contribution in [0.1, 0.15) is 25.6 Å². The Labute approximate surface area is 106 Å². The molecular formula is C12H7ClO3S. The fraction of sp³-hybridized carbons (Fsp3) is 0. The SMILES string of the molecule is O=C(O)c1ccc(C(=O)c2ccc(Cl)s2)cc1. The third-order valence-corrected chi connectivity index (χ3v) is 3.42. The van der Waals surface area contributed by atoms with Crippen molar-refractivity contribution >= 4 is 34.7 Å². The highest BCUT2D eigenvalue weighted by Gasteiger charge is 2.12. The van der Waals surface area contributed by atoms with Crippen LogP contribution in [-0.4, -0.2) is 16.9 Å². The number of hydrogen-bond donors (Lipinski definition) is 1. The monoisotopic (exact) mass is 266 g/mol. The lowest BCUT2D eigenvalue weighted by molar-refractivity contribution is 0.0696. The average Bonchev–Trinajstić information content (AvgIpc) is 2.75. The van der Waals surface area contributed by atoms with E-state index < -0.39 is 5.97 Å². The highest BCUT2D eigenvalue weighted by Crippen LogP contribution is 2.24. The van der Waals surface area contributed by atoms with E-state index in [4.69, 9.17) is 16.7 Å². The van der Waals surface area contributed by atoms with Gasteiger partial charge in [-0.15, -0.1) is 11.3 Å². The van der Waals surface area contributed by atoms with Crippen LogP contribution in [0.15, 0.2) is 36.4 Å². The van der Waals surface area contributed by atoms with Crippen LogP contribution in [0.5, 0.6) is 0 Å². The number of benzene rings is 1. The van der Waals surface area contributed by atoms with Crippen LogP contribution in [0.2, 0.25) is 4.34 Å². The molecule has 0 aliphatic rings. The van der Waals surface area contributed by atoms with Gasteiger partial charge in [-0.05, 0) is 24.3 Å². The lowest BCUT2D eigenvalue weighted by Crippen LogP contribution is -2.01. The van der Waals surface area contributed by atoms with Gasteiger partial charge in [0.15, 0.2) is 0 Å². The minimum absolute atomic E-state index is 0.154. The summed E-state index contributed by atoms with van der Waals surface area (Å²) in [6, 6.07) is 9.12. The largest absolute Gasteiger partial charge is 0.478 e. The van der Waals surface area contributed by atoms with Crippen LogP contribution < -0.4 is 0 Å². The van der Waals surface area contributed by atoms with Crippen molar-refractivity contribution in [2.45, 2.75) is 0 Å². The molecule has 0 bridgehead atoms. The first-order valence-electron chi connectivity index (χ1n) is 4.71. The van der Waals surface area contributed by atoms with Crippen molar-refractivity contribution in [1.82, 2.24) is 0 Å². The molecule has 86 valence electrons. The molecule has 1 aromatic heterocycles. The molecule has 1 N–H and O–H groups in total. The minimum atomic E-state index is -1.01. The Hall–Kier alpha value is -1.65. The Morgan fingerprint density at radius 3 is 2.06 bits per heavy atom. The minimum Gasteiger partial charge on any atom is -0.478 e. The van der Waals surface area contributed by atoms with E-state index in [0.717, 1.165) is 0 Å². The number of hydrogen-bond acceptors (Lipinski definition) is 3. The Morgan fingerprint density at radius 2 is 1.59 bits per heavy atom. The maximum absolute atomic E-state index is 11.9. The van der Waals surface area contributed by atoms with Crippen molar-refractivity contribution < 1.29 is 14.7 Å². The Morgan fingerprint density at radius 1 is 1.00 bits per heavy atom. The van der Waals surface area contributed by atoms with Gasteiger partial charge in [-0.2, -0.15) is 0 Å². The standard InChI is InChI=1S/C12H7ClO3S/c13-10-6-5-9(17-10)11(14)7-1-3-8(4-2-7)12(15)16/h1-6H,(H,15,16). The van der Waals surface area contributed by atoms with Crippen LogP contribution in [0.25, 0.3) is 0 Å². The molecule has 0 aliphatic carbocycles. The van der Waals surface area contributed by atoms with Gasteiger partial charge in [0.2, 0.25) is 5.78 Å². The van der Waals surface area contributed by atoms with Gasteiger partial charge in [0.25, 0.3) is 0 Å². The molecule has 0 aliphatic heterocycles. The van der Waals surface area contributed by atoms with E-state index >= 15 is 0 Å². The summed E-state index contributed by atoms with van der Waals surface area (Å²) < 4.78 is 0.551. The predicted octanol–water partition coefficient (Wildman–Crippen LogP) is 3.33. The van der Waals surface area contributed by atoms with Gasteiger partial charge in [0.05, 0.1) is 14.8 Å². The number of ketones is 1. The Kier molecular flexibility index (Phi) is 3.26. The molecular weight excluding hydrogens is 260 g/mol. The third kappa shape index (κ3) is 2.54. The van der Waals surface area contributed by atoms with Crippen molar-refractivity contribution in [1.29, 1.82) is 0 Å². The van der Waals surface area contributed by atoms with E-state index in [2.05, 4.69) is 0 Å². The summed E-state index contributed by atoms with van der Waals surface area (Å²) in [5.74, 6) is -1.16. The zero-order valence-electron chi connectivity index (χ0n) is 8.51. The van der Waals surface area contributed by atoms with Crippen LogP contribution in [0, 0.1) is 0 Å². The molecule has 0 unspecified atom stereocenters. The smallest absolute Gasteiger partial charge is 0.335 e. The molecule has 0 saturated heterocycles. The number of rotatable bonds is 3. The molecule has 0 saturated carbocycles. The molecule has 1 aromatic carbocycles. The van der Waals surface area contributed by atoms with Crippen LogP contribution in [0.3, 0.4) is 0 Å². The molecule has 0 fully saturated rings. The zero-order chi connectivity index (χ0) is 12.4. The summed E-state index contributed by atoms with van der Waals surface area (Å²) in [7, 11) is 0. The van der Waals surface area contributed by atoms with E-state index in [1.165, 1.54) is 35.6 Å².